The van der Waals surface area contributed by atoms with Gasteiger partial charge in [0.2, 0.25) is 5.91 Å². The fourth-order valence-corrected chi connectivity index (χ4v) is 5.59. The first-order valence-electron chi connectivity index (χ1n) is 10.2. The van der Waals surface area contributed by atoms with Crippen molar-refractivity contribution >= 4 is 31.6 Å². The number of nitriles is 1. The maximum absolute atomic E-state index is 13.4. The van der Waals surface area contributed by atoms with Crippen LogP contribution in [0.15, 0.2) is 82.6 Å². The third-order valence-corrected chi connectivity index (χ3v) is 8.25. The number of carbonyl (C=O) groups excluding carboxylic acids is 1. The summed E-state index contributed by atoms with van der Waals surface area (Å²) in [5.74, 6) is -0.861. The van der Waals surface area contributed by atoms with Gasteiger partial charge in [-0.25, -0.2) is 21.6 Å². The number of rotatable bonds is 8. The van der Waals surface area contributed by atoms with Crippen molar-refractivity contribution in [3.05, 3.63) is 89.5 Å². The highest BCUT2D eigenvalue weighted by Gasteiger charge is 2.26. The summed E-state index contributed by atoms with van der Waals surface area (Å²) in [5.41, 5.74) is 2.46. The Kier molecular flexibility index (Phi) is 7.39. The van der Waals surface area contributed by atoms with Crippen molar-refractivity contribution in [3.8, 4) is 6.07 Å². The smallest absolute Gasteiger partial charge is 0.264 e. The molecule has 1 N–H and O–H groups in total. The Labute approximate surface area is 199 Å². The molecule has 34 heavy (non-hydrogen) atoms. The number of sulfonamides is 2. The van der Waals surface area contributed by atoms with Crippen molar-refractivity contribution in [1.82, 2.24) is 4.72 Å². The molecule has 0 bridgehead atoms. The highest BCUT2D eigenvalue weighted by Crippen LogP contribution is 2.25. The first kappa shape index (κ1) is 25.0. The van der Waals surface area contributed by atoms with Crippen LogP contribution in [0.1, 0.15) is 23.1 Å². The zero-order valence-corrected chi connectivity index (χ0v) is 20.2. The molecular formula is C24H23N3O5S2. The van der Waals surface area contributed by atoms with Gasteiger partial charge in [0.25, 0.3) is 20.0 Å². The van der Waals surface area contributed by atoms with Crippen LogP contribution in [-0.4, -0.2) is 29.3 Å². The average Bonchev–Trinajstić information content (AvgIpc) is 2.80. The molecule has 0 aromatic heterocycles. The number of hydrogen-bond donors (Lipinski definition) is 1. The lowest BCUT2D eigenvalue weighted by Crippen LogP contribution is -2.37. The van der Waals surface area contributed by atoms with E-state index < -0.39 is 32.4 Å². The number of nitrogens with zero attached hydrogens (tertiary/aromatic N) is 2. The van der Waals surface area contributed by atoms with E-state index in [9.17, 15) is 21.6 Å². The standard InChI is InChI=1S/C24H23N3O5S2/c1-18-3-9-21(10-4-18)27(34(31,32)23-11-5-19(2)6-12-23)16-15-24(28)26-33(29,30)22-13-7-20(17-25)8-14-22/h3-14H,15-16H2,1-2H3,(H,26,28). The molecule has 0 saturated heterocycles. The van der Waals surface area contributed by atoms with Crippen LogP contribution in [0.4, 0.5) is 5.69 Å². The van der Waals surface area contributed by atoms with Crippen molar-refractivity contribution < 1.29 is 21.6 Å². The van der Waals surface area contributed by atoms with E-state index >= 15 is 0 Å². The molecular weight excluding hydrogens is 474 g/mol. The van der Waals surface area contributed by atoms with Crippen LogP contribution in [0.2, 0.25) is 0 Å². The molecule has 0 atom stereocenters. The van der Waals surface area contributed by atoms with Gasteiger partial charge >= 0.3 is 0 Å². The van der Waals surface area contributed by atoms with Crippen LogP contribution >= 0.6 is 0 Å². The normalized spacial score (nSPS) is 11.4. The van der Waals surface area contributed by atoms with Crippen LogP contribution in [0.25, 0.3) is 0 Å². The number of carbonyl (C=O) groups is 1. The van der Waals surface area contributed by atoms with Crippen LogP contribution in [0, 0.1) is 25.2 Å². The minimum Gasteiger partial charge on any atom is -0.274 e. The van der Waals surface area contributed by atoms with Gasteiger partial charge in [0.05, 0.1) is 27.1 Å². The van der Waals surface area contributed by atoms with Crippen LogP contribution < -0.4 is 9.03 Å². The maximum atomic E-state index is 13.4. The van der Waals surface area contributed by atoms with Gasteiger partial charge < -0.3 is 0 Å². The summed E-state index contributed by atoms with van der Waals surface area (Å²) < 4.78 is 54.8. The van der Waals surface area contributed by atoms with Gasteiger partial charge in [-0.15, -0.1) is 0 Å². The summed E-state index contributed by atoms with van der Waals surface area (Å²) in [5, 5.41) is 8.85. The molecule has 0 spiro atoms. The molecule has 3 aromatic carbocycles. The first-order valence-corrected chi connectivity index (χ1v) is 13.2. The quantitative estimate of drug-likeness (QED) is 0.509. The largest absolute Gasteiger partial charge is 0.274 e. The van der Waals surface area contributed by atoms with Gasteiger partial charge in [-0.3, -0.25) is 9.10 Å². The Morgan fingerprint density at radius 1 is 0.824 bits per heavy atom. The Balaban J connectivity index is 1.82. The molecule has 0 radical (unpaired) electrons. The number of benzene rings is 3. The molecule has 0 fully saturated rings. The van der Waals surface area contributed by atoms with Crippen molar-refractivity contribution in [2.45, 2.75) is 30.1 Å². The van der Waals surface area contributed by atoms with E-state index in [0.29, 0.717) is 5.69 Å². The van der Waals surface area contributed by atoms with E-state index in [0.717, 1.165) is 15.4 Å². The number of anilines is 1. The lowest BCUT2D eigenvalue weighted by molar-refractivity contribution is -0.119. The fraction of sp³-hybridized carbons (Fsp3) is 0.167. The molecule has 0 aliphatic heterocycles. The summed E-state index contributed by atoms with van der Waals surface area (Å²) in [6, 6.07) is 20.1. The lowest BCUT2D eigenvalue weighted by atomic mass is 10.2. The van der Waals surface area contributed by atoms with Gasteiger partial charge in [0.15, 0.2) is 0 Å². The molecule has 0 aliphatic carbocycles. The van der Waals surface area contributed by atoms with Gasteiger partial charge in [0, 0.05) is 13.0 Å². The summed E-state index contributed by atoms with van der Waals surface area (Å²) in [6.07, 6.45) is -0.394. The average molecular weight is 498 g/mol. The topological polar surface area (TPSA) is 124 Å². The summed E-state index contributed by atoms with van der Waals surface area (Å²) in [6.45, 7) is 3.44. The van der Waals surface area contributed by atoms with E-state index in [1.807, 2.05) is 24.6 Å². The van der Waals surface area contributed by atoms with E-state index in [2.05, 4.69) is 0 Å². The highest BCUT2D eigenvalue weighted by atomic mass is 32.2. The van der Waals surface area contributed by atoms with E-state index in [1.165, 1.54) is 36.4 Å². The predicted molar refractivity (Wildman–Crippen MR) is 128 cm³/mol. The second-order valence-electron chi connectivity index (χ2n) is 7.64. The molecule has 10 heteroatoms. The summed E-state index contributed by atoms with van der Waals surface area (Å²) in [7, 11) is -8.18. The fourth-order valence-electron chi connectivity index (χ4n) is 3.11. The molecule has 3 aromatic rings. The van der Waals surface area contributed by atoms with Crippen molar-refractivity contribution in [2.24, 2.45) is 0 Å². The maximum Gasteiger partial charge on any atom is 0.264 e. The third-order valence-electron chi connectivity index (χ3n) is 5.01. The highest BCUT2D eigenvalue weighted by molar-refractivity contribution is 7.92. The van der Waals surface area contributed by atoms with Gasteiger partial charge in [-0.1, -0.05) is 35.4 Å². The Hall–Kier alpha value is -3.68. The second kappa shape index (κ2) is 10.1. The monoisotopic (exact) mass is 497 g/mol. The zero-order chi connectivity index (χ0) is 24.9. The van der Waals surface area contributed by atoms with Crippen LogP contribution in [0.3, 0.4) is 0 Å². The van der Waals surface area contributed by atoms with Gasteiger partial charge in [-0.2, -0.15) is 5.26 Å². The molecule has 176 valence electrons. The molecule has 0 saturated carbocycles. The van der Waals surface area contributed by atoms with Crippen molar-refractivity contribution in [2.75, 3.05) is 10.8 Å². The van der Waals surface area contributed by atoms with Crippen molar-refractivity contribution in [3.63, 3.8) is 0 Å². The van der Waals surface area contributed by atoms with E-state index in [-0.39, 0.29) is 21.9 Å². The summed E-state index contributed by atoms with van der Waals surface area (Å²) >= 11 is 0. The van der Waals surface area contributed by atoms with E-state index in [4.69, 9.17) is 5.26 Å². The Bertz CT molecular complexity index is 1420. The van der Waals surface area contributed by atoms with Crippen LogP contribution in [0.5, 0.6) is 0 Å². The lowest BCUT2D eigenvalue weighted by Gasteiger charge is -2.24. The SMILES string of the molecule is Cc1ccc(N(CCC(=O)NS(=O)(=O)c2ccc(C#N)cc2)S(=O)(=O)c2ccc(C)cc2)cc1. The van der Waals surface area contributed by atoms with Crippen molar-refractivity contribution in [1.29, 1.82) is 5.26 Å². The number of amides is 1. The molecule has 0 heterocycles. The minimum absolute atomic E-state index is 0.0595. The number of nitrogens with one attached hydrogen (secondary N) is 1. The van der Waals surface area contributed by atoms with Crippen LogP contribution in [-0.2, 0) is 24.8 Å². The number of hydrogen-bond acceptors (Lipinski definition) is 6. The summed E-state index contributed by atoms with van der Waals surface area (Å²) in [4.78, 5) is 12.4. The predicted octanol–water partition coefficient (Wildman–Crippen LogP) is 3.27. The molecule has 0 unspecified atom stereocenters. The van der Waals surface area contributed by atoms with Gasteiger partial charge in [0.1, 0.15) is 0 Å². The van der Waals surface area contributed by atoms with Gasteiger partial charge in [-0.05, 0) is 62.4 Å². The molecule has 1 amide bonds. The molecule has 8 nitrogen and oxygen atoms in total. The zero-order valence-electron chi connectivity index (χ0n) is 18.6. The minimum atomic E-state index is -4.17. The van der Waals surface area contributed by atoms with E-state index in [1.54, 1.807) is 36.4 Å². The Morgan fingerprint density at radius 2 is 1.32 bits per heavy atom. The number of aryl methyl sites for hydroxylation is 2. The second-order valence-corrected chi connectivity index (χ2v) is 11.2. The molecule has 0 aliphatic rings. The first-order chi connectivity index (χ1) is 16.0. The molecule has 3 rings (SSSR count). The third kappa shape index (κ3) is 5.81. The Morgan fingerprint density at radius 3 is 1.85 bits per heavy atom.